The van der Waals surface area contributed by atoms with Crippen LogP contribution in [0.5, 0.6) is 5.75 Å². The van der Waals surface area contributed by atoms with Gasteiger partial charge in [-0.2, -0.15) is 0 Å². The molecule has 1 saturated heterocycles. The summed E-state index contributed by atoms with van der Waals surface area (Å²) in [5.74, 6) is 0.597. The second kappa shape index (κ2) is 7.94. The molecule has 3 rings (SSSR count). The van der Waals surface area contributed by atoms with E-state index in [2.05, 4.69) is 5.32 Å². The third-order valence-electron chi connectivity index (χ3n) is 5.23. The average molecular weight is 368 g/mol. The maximum Gasteiger partial charge on any atom is 0.225 e. The second-order valence-corrected chi connectivity index (χ2v) is 7.42. The van der Waals surface area contributed by atoms with Gasteiger partial charge in [0.15, 0.2) is 0 Å². The van der Waals surface area contributed by atoms with E-state index in [9.17, 15) is 4.79 Å². The van der Waals surface area contributed by atoms with Crippen molar-refractivity contribution >= 4 is 17.5 Å². The Bertz CT molecular complexity index is 622. The van der Waals surface area contributed by atoms with Gasteiger partial charge in [0.1, 0.15) is 18.6 Å². The zero-order valence-corrected chi connectivity index (χ0v) is 15.7. The second-order valence-electron chi connectivity index (χ2n) is 7.01. The molecule has 138 valence electrons. The molecule has 5 nitrogen and oxygen atoms in total. The Hall–Kier alpha value is -1.30. The summed E-state index contributed by atoms with van der Waals surface area (Å²) in [5, 5.41) is 3.82. The Morgan fingerprint density at radius 1 is 1.36 bits per heavy atom. The van der Waals surface area contributed by atoms with Crippen LogP contribution < -0.4 is 10.1 Å². The zero-order valence-electron chi connectivity index (χ0n) is 14.9. The molecular weight excluding hydrogens is 342 g/mol. The summed E-state index contributed by atoms with van der Waals surface area (Å²) in [6.07, 6.45) is 5.34. The number of hydrogen-bond donors (Lipinski definition) is 1. The van der Waals surface area contributed by atoms with Crippen molar-refractivity contribution in [2.75, 3.05) is 20.5 Å². The Kier molecular flexibility index (Phi) is 5.87. The maximum absolute atomic E-state index is 12.8. The molecule has 1 atom stereocenters. The Morgan fingerprint density at radius 2 is 2.12 bits per heavy atom. The van der Waals surface area contributed by atoms with E-state index in [4.69, 9.17) is 25.8 Å². The van der Waals surface area contributed by atoms with Crippen LogP contribution in [-0.4, -0.2) is 38.1 Å². The van der Waals surface area contributed by atoms with Crippen LogP contribution in [0.15, 0.2) is 12.1 Å². The molecule has 2 fully saturated rings. The molecule has 0 spiro atoms. The molecule has 1 aromatic rings. The highest BCUT2D eigenvalue weighted by Gasteiger charge is 2.43. The molecule has 0 aromatic heterocycles. The molecule has 1 aliphatic heterocycles. The predicted molar refractivity (Wildman–Crippen MR) is 96.1 cm³/mol. The first kappa shape index (κ1) is 18.5. The smallest absolute Gasteiger partial charge is 0.225 e. The molecule has 1 heterocycles. The lowest BCUT2D eigenvalue weighted by Gasteiger charge is -2.41. The lowest BCUT2D eigenvalue weighted by Crippen LogP contribution is -2.58. The van der Waals surface area contributed by atoms with Crippen molar-refractivity contribution in [2.45, 2.75) is 57.1 Å². The fourth-order valence-electron chi connectivity index (χ4n) is 3.94. The third-order valence-corrected chi connectivity index (χ3v) is 5.57. The number of amides is 1. The van der Waals surface area contributed by atoms with Gasteiger partial charge >= 0.3 is 0 Å². The van der Waals surface area contributed by atoms with Crippen LogP contribution in [0.4, 0.5) is 0 Å². The molecule has 0 bridgehead atoms. The normalized spacial score (nSPS) is 22.6. The quantitative estimate of drug-likeness (QED) is 0.866. The number of carbonyl (C=O) groups is 1. The van der Waals surface area contributed by atoms with E-state index >= 15 is 0 Å². The maximum atomic E-state index is 12.8. The molecule has 2 aliphatic rings. The number of aryl methyl sites for hydroxylation is 1. The number of methoxy groups -OCH3 is 1. The molecule has 1 saturated carbocycles. The van der Waals surface area contributed by atoms with E-state index in [-0.39, 0.29) is 24.0 Å². The van der Waals surface area contributed by atoms with Crippen LogP contribution in [0.25, 0.3) is 0 Å². The molecule has 1 N–H and O–H groups in total. The first-order chi connectivity index (χ1) is 12.0. The summed E-state index contributed by atoms with van der Waals surface area (Å²) in [6.45, 7) is 2.79. The lowest BCUT2D eigenvalue weighted by molar-refractivity contribution is -0.125. The van der Waals surface area contributed by atoms with Gasteiger partial charge in [0.25, 0.3) is 0 Å². The van der Waals surface area contributed by atoms with Gasteiger partial charge in [0, 0.05) is 10.6 Å². The van der Waals surface area contributed by atoms with Crippen molar-refractivity contribution in [1.82, 2.24) is 5.32 Å². The van der Waals surface area contributed by atoms with E-state index in [1.807, 2.05) is 19.1 Å². The Labute approximate surface area is 154 Å². The Balaban J connectivity index is 1.76. The summed E-state index contributed by atoms with van der Waals surface area (Å²) in [5.41, 5.74) is 1.39. The fourth-order valence-corrected chi connectivity index (χ4v) is 4.27. The summed E-state index contributed by atoms with van der Waals surface area (Å²) < 4.78 is 16.5. The average Bonchev–Trinajstić information content (AvgIpc) is 3.13. The summed E-state index contributed by atoms with van der Waals surface area (Å²) in [4.78, 5) is 12.8. The lowest BCUT2D eigenvalue weighted by atomic mass is 9.77. The van der Waals surface area contributed by atoms with Crippen molar-refractivity contribution in [1.29, 1.82) is 0 Å². The molecule has 25 heavy (non-hydrogen) atoms. The van der Waals surface area contributed by atoms with E-state index in [1.54, 1.807) is 7.11 Å². The first-order valence-corrected chi connectivity index (χ1v) is 9.25. The number of nitrogens with one attached hydrogen (secondary N) is 1. The zero-order chi connectivity index (χ0) is 17.9. The van der Waals surface area contributed by atoms with Crippen molar-refractivity contribution < 1.29 is 19.0 Å². The van der Waals surface area contributed by atoms with Gasteiger partial charge in [0.2, 0.25) is 5.91 Å². The molecule has 1 aromatic carbocycles. The third kappa shape index (κ3) is 4.10. The molecule has 1 unspecified atom stereocenters. The minimum absolute atomic E-state index is 0.0542. The molecule has 1 amide bonds. The van der Waals surface area contributed by atoms with Gasteiger partial charge in [-0.15, -0.1) is 0 Å². The summed E-state index contributed by atoms with van der Waals surface area (Å²) in [6, 6.07) is 3.76. The molecule has 0 radical (unpaired) electrons. The highest BCUT2D eigenvalue weighted by Crippen LogP contribution is 2.35. The molecular formula is C19H26ClNO4. The van der Waals surface area contributed by atoms with Gasteiger partial charge < -0.3 is 19.5 Å². The minimum atomic E-state index is -0.337. The van der Waals surface area contributed by atoms with Crippen LogP contribution >= 0.6 is 11.6 Å². The number of hydrogen-bond acceptors (Lipinski definition) is 4. The standard InChI is InChI=1S/C19H26ClNO4/c1-13-8-15(20)14(16(9-13)23-2)10-18(22)21-19(6-4-3-5-7-19)17-11-24-12-25-17/h8-9,17H,3-7,10-12H2,1-2H3,(H,21,22). The predicted octanol–water partition coefficient (Wildman–Crippen LogP) is 3.39. The van der Waals surface area contributed by atoms with Gasteiger partial charge in [-0.05, 0) is 37.5 Å². The van der Waals surface area contributed by atoms with Gasteiger partial charge in [0.05, 0.1) is 25.7 Å². The highest BCUT2D eigenvalue weighted by atomic mass is 35.5. The van der Waals surface area contributed by atoms with Crippen LogP contribution in [0, 0.1) is 6.92 Å². The number of carbonyl (C=O) groups excluding carboxylic acids is 1. The van der Waals surface area contributed by atoms with Crippen LogP contribution in [0.3, 0.4) is 0 Å². The SMILES string of the molecule is COc1cc(C)cc(Cl)c1CC(=O)NC1(C2COCO2)CCCCC1. The monoisotopic (exact) mass is 367 g/mol. The highest BCUT2D eigenvalue weighted by molar-refractivity contribution is 6.31. The van der Waals surface area contributed by atoms with Gasteiger partial charge in [-0.1, -0.05) is 30.9 Å². The topological polar surface area (TPSA) is 56.8 Å². The van der Waals surface area contributed by atoms with E-state index < -0.39 is 0 Å². The summed E-state index contributed by atoms with van der Waals surface area (Å²) >= 11 is 6.36. The van der Waals surface area contributed by atoms with Crippen molar-refractivity contribution in [3.63, 3.8) is 0 Å². The van der Waals surface area contributed by atoms with Crippen LogP contribution in [-0.2, 0) is 20.7 Å². The number of ether oxygens (including phenoxy) is 3. The van der Waals surface area contributed by atoms with Crippen molar-refractivity contribution in [2.24, 2.45) is 0 Å². The summed E-state index contributed by atoms with van der Waals surface area (Å²) in [7, 11) is 1.60. The van der Waals surface area contributed by atoms with Crippen LogP contribution in [0.1, 0.15) is 43.2 Å². The van der Waals surface area contributed by atoms with Crippen molar-refractivity contribution in [3.05, 3.63) is 28.3 Å². The largest absolute Gasteiger partial charge is 0.496 e. The van der Waals surface area contributed by atoms with E-state index in [0.717, 1.165) is 36.8 Å². The number of benzene rings is 1. The van der Waals surface area contributed by atoms with E-state index in [0.29, 0.717) is 24.2 Å². The molecule has 6 heteroatoms. The van der Waals surface area contributed by atoms with Gasteiger partial charge in [-0.3, -0.25) is 4.79 Å². The van der Waals surface area contributed by atoms with Gasteiger partial charge in [-0.25, -0.2) is 0 Å². The molecule has 1 aliphatic carbocycles. The number of rotatable bonds is 5. The van der Waals surface area contributed by atoms with Crippen LogP contribution in [0.2, 0.25) is 5.02 Å². The number of halogens is 1. The minimum Gasteiger partial charge on any atom is -0.496 e. The first-order valence-electron chi connectivity index (χ1n) is 8.87. The fraction of sp³-hybridized carbons (Fsp3) is 0.632. The van der Waals surface area contributed by atoms with E-state index in [1.165, 1.54) is 6.42 Å². The Morgan fingerprint density at radius 3 is 2.76 bits per heavy atom. The van der Waals surface area contributed by atoms with Crippen molar-refractivity contribution in [3.8, 4) is 5.75 Å².